The van der Waals surface area contributed by atoms with E-state index in [-0.39, 0.29) is 0 Å². The van der Waals surface area contributed by atoms with Gasteiger partial charge in [0.1, 0.15) is 11.5 Å². The Labute approximate surface area is 95.1 Å². The van der Waals surface area contributed by atoms with Crippen molar-refractivity contribution in [2.24, 2.45) is 0 Å². The zero-order chi connectivity index (χ0) is 11.5. The molecule has 0 aliphatic carbocycles. The lowest BCUT2D eigenvalue weighted by molar-refractivity contribution is 0.415. The summed E-state index contributed by atoms with van der Waals surface area (Å²) in [5.41, 5.74) is 2.96. The molecule has 0 spiro atoms. The Morgan fingerprint density at radius 3 is 2.12 bits per heavy atom. The van der Waals surface area contributed by atoms with Gasteiger partial charge in [-0.25, -0.2) is 0 Å². The standard InChI is InChI=1S/C14H14O2/c1-10-3-4-12(9-14(10)15)11-5-7-13(16-2)8-6-11/h3-9,15H,1-2H3. The molecule has 0 aromatic heterocycles. The maximum Gasteiger partial charge on any atom is 0.119 e. The maximum atomic E-state index is 9.64. The summed E-state index contributed by atoms with van der Waals surface area (Å²) in [5.74, 6) is 1.16. The lowest BCUT2D eigenvalue weighted by Crippen LogP contribution is -1.83. The van der Waals surface area contributed by atoms with Gasteiger partial charge in [0.15, 0.2) is 0 Å². The van der Waals surface area contributed by atoms with Crippen LogP contribution in [0.25, 0.3) is 11.1 Å². The van der Waals surface area contributed by atoms with Crippen molar-refractivity contribution in [1.82, 2.24) is 0 Å². The summed E-state index contributed by atoms with van der Waals surface area (Å²) in [5, 5.41) is 9.64. The molecule has 0 radical (unpaired) electrons. The molecule has 2 rings (SSSR count). The molecule has 16 heavy (non-hydrogen) atoms. The van der Waals surface area contributed by atoms with Crippen molar-refractivity contribution in [2.75, 3.05) is 7.11 Å². The first kappa shape index (κ1) is 10.6. The van der Waals surface area contributed by atoms with E-state index in [1.165, 1.54) is 0 Å². The highest BCUT2D eigenvalue weighted by atomic mass is 16.5. The molecule has 1 N–H and O–H groups in total. The molecule has 0 saturated heterocycles. The molecule has 0 unspecified atom stereocenters. The van der Waals surface area contributed by atoms with Gasteiger partial charge in [-0.15, -0.1) is 0 Å². The minimum atomic E-state index is 0.327. The van der Waals surface area contributed by atoms with Crippen LogP contribution in [0.4, 0.5) is 0 Å². The molecular formula is C14H14O2. The largest absolute Gasteiger partial charge is 0.508 e. The predicted octanol–water partition coefficient (Wildman–Crippen LogP) is 3.38. The van der Waals surface area contributed by atoms with Crippen molar-refractivity contribution in [3.63, 3.8) is 0 Å². The predicted molar refractivity (Wildman–Crippen MR) is 64.8 cm³/mol. The van der Waals surface area contributed by atoms with Crippen molar-refractivity contribution in [3.8, 4) is 22.6 Å². The van der Waals surface area contributed by atoms with Crippen molar-refractivity contribution in [2.45, 2.75) is 6.92 Å². The Morgan fingerprint density at radius 1 is 0.938 bits per heavy atom. The summed E-state index contributed by atoms with van der Waals surface area (Å²) in [7, 11) is 1.65. The Bertz CT molecular complexity index is 487. The number of aryl methyl sites for hydroxylation is 1. The van der Waals surface area contributed by atoms with Gasteiger partial charge < -0.3 is 9.84 Å². The van der Waals surface area contributed by atoms with Gasteiger partial charge in [0.05, 0.1) is 7.11 Å². The number of rotatable bonds is 2. The average Bonchev–Trinajstić information content (AvgIpc) is 2.33. The third-order valence-electron chi connectivity index (χ3n) is 2.63. The van der Waals surface area contributed by atoms with Gasteiger partial charge in [0, 0.05) is 0 Å². The monoisotopic (exact) mass is 214 g/mol. The zero-order valence-corrected chi connectivity index (χ0v) is 9.40. The molecule has 0 amide bonds. The van der Waals surface area contributed by atoms with Crippen LogP contribution in [0.5, 0.6) is 11.5 Å². The van der Waals surface area contributed by atoms with Gasteiger partial charge in [-0.1, -0.05) is 24.3 Å². The summed E-state index contributed by atoms with van der Waals surface area (Å²) in [6.07, 6.45) is 0. The highest BCUT2D eigenvalue weighted by molar-refractivity contribution is 5.66. The minimum absolute atomic E-state index is 0.327. The number of ether oxygens (including phenoxy) is 1. The van der Waals surface area contributed by atoms with E-state index >= 15 is 0 Å². The fourth-order valence-corrected chi connectivity index (χ4v) is 1.57. The van der Waals surface area contributed by atoms with Crippen LogP contribution in [0.1, 0.15) is 5.56 Å². The second-order valence-electron chi connectivity index (χ2n) is 3.73. The molecular weight excluding hydrogens is 200 g/mol. The first-order valence-electron chi connectivity index (χ1n) is 5.15. The number of hydrogen-bond acceptors (Lipinski definition) is 2. The molecule has 0 aliphatic rings. The Balaban J connectivity index is 2.38. The van der Waals surface area contributed by atoms with E-state index in [0.29, 0.717) is 5.75 Å². The van der Waals surface area contributed by atoms with E-state index in [1.54, 1.807) is 13.2 Å². The molecule has 82 valence electrons. The second kappa shape index (κ2) is 4.27. The lowest BCUT2D eigenvalue weighted by atomic mass is 10.0. The lowest BCUT2D eigenvalue weighted by Gasteiger charge is -2.05. The normalized spacial score (nSPS) is 10.1. The van der Waals surface area contributed by atoms with E-state index in [4.69, 9.17) is 4.74 Å². The van der Waals surface area contributed by atoms with Crippen LogP contribution >= 0.6 is 0 Å². The molecule has 0 heterocycles. The smallest absolute Gasteiger partial charge is 0.119 e. The third kappa shape index (κ3) is 2.01. The van der Waals surface area contributed by atoms with Crippen LogP contribution in [-0.2, 0) is 0 Å². The molecule has 2 heteroatoms. The molecule has 0 saturated carbocycles. The molecule has 0 bridgehead atoms. The number of aromatic hydroxyl groups is 1. The number of benzene rings is 2. The Kier molecular flexibility index (Phi) is 2.82. The number of phenolic OH excluding ortho intramolecular Hbond substituents is 1. The van der Waals surface area contributed by atoms with Crippen molar-refractivity contribution in [1.29, 1.82) is 0 Å². The summed E-state index contributed by atoms with van der Waals surface area (Å²) in [6, 6.07) is 13.5. The van der Waals surface area contributed by atoms with E-state index in [1.807, 2.05) is 43.3 Å². The summed E-state index contributed by atoms with van der Waals surface area (Å²) >= 11 is 0. The fraction of sp³-hybridized carbons (Fsp3) is 0.143. The third-order valence-corrected chi connectivity index (χ3v) is 2.63. The molecule has 0 fully saturated rings. The van der Waals surface area contributed by atoms with Gasteiger partial charge in [-0.2, -0.15) is 0 Å². The fourth-order valence-electron chi connectivity index (χ4n) is 1.57. The summed E-state index contributed by atoms with van der Waals surface area (Å²) in [6.45, 7) is 1.88. The first-order valence-corrected chi connectivity index (χ1v) is 5.15. The van der Waals surface area contributed by atoms with Crippen molar-refractivity contribution in [3.05, 3.63) is 48.0 Å². The quantitative estimate of drug-likeness (QED) is 0.830. The minimum Gasteiger partial charge on any atom is -0.508 e. The molecule has 2 aromatic carbocycles. The summed E-state index contributed by atoms with van der Waals surface area (Å²) in [4.78, 5) is 0. The van der Waals surface area contributed by atoms with Gasteiger partial charge in [-0.3, -0.25) is 0 Å². The molecule has 2 aromatic rings. The average molecular weight is 214 g/mol. The SMILES string of the molecule is COc1ccc(-c2ccc(C)c(O)c2)cc1. The highest BCUT2D eigenvalue weighted by Crippen LogP contribution is 2.27. The van der Waals surface area contributed by atoms with Gasteiger partial charge >= 0.3 is 0 Å². The van der Waals surface area contributed by atoms with Crippen molar-refractivity contribution >= 4 is 0 Å². The zero-order valence-electron chi connectivity index (χ0n) is 9.40. The van der Waals surface area contributed by atoms with Gasteiger partial charge in [-0.05, 0) is 41.8 Å². The van der Waals surface area contributed by atoms with Crippen LogP contribution in [0.3, 0.4) is 0 Å². The molecule has 2 nitrogen and oxygen atoms in total. The second-order valence-corrected chi connectivity index (χ2v) is 3.73. The molecule has 0 atom stereocenters. The van der Waals surface area contributed by atoms with E-state index in [9.17, 15) is 5.11 Å². The van der Waals surface area contributed by atoms with E-state index in [0.717, 1.165) is 22.4 Å². The molecule has 0 aliphatic heterocycles. The van der Waals surface area contributed by atoms with Crippen molar-refractivity contribution < 1.29 is 9.84 Å². The van der Waals surface area contributed by atoms with Crippen LogP contribution < -0.4 is 4.74 Å². The number of phenols is 1. The van der Waals surface area contributed by atoms with Crippen LogP contribution in [0, 0.1) is 6.92 Å². The van der Waals surface area contributed by atoms with Crippen LogP contribution in [-0.4, -0.2) is 12.2 Å². The number of methoxy groups -OCH3 is 1. The summed E-state index contributed by atoms with van der Waals surface area (Å²) < 4.78 is 5.10. The maximum absolute atomic E-state index is 9.64. The number of hydrogen-bond donors (Lipinski definition) is 1. The van der Waals surface area contributed by atoms with Crippen LogP contribution in [0.15, 0.2) is 42.5 Å². The van der Waals surface area contributed by atoms with Gasteiger partial charge in [0.2, 0.25) is 0 Å². The highest BCUT2D eigenvalue weighted by Gasteiger charge is 2.01. The topological polar surface area (TPSA) is 29.5 Å². The Hall–Kier alpha value is -1.96. The van der Waals surface area contributed by atoms with E-state index in [2.05, 4.69) is 0 Å². The Morgan fingerprint density at radius 2 is 1.56 bits per heavy atom. The van der Waals surface area contributed by atoms with Crippen LogP contribution in [0.2, 0.25) is 0 Å². The van der Waals surface area contributed by atoms with Gasteiger partial charge in [0.25, 0.3) is 0 Å². The first-order chi connectivity index (χ1) is 7.70. The van der Waals surface area contributed by atoms with E-state index < -0.39 is 0 Å².